The predicted octanol–water partition coefficient (Wildman–Crippen LogP) is 4.32. The first-order valence-electron chi connectivity index (χ1n) is 11.1. The summed E-state index contributed by atoms with van der Waals surface area (Å²) in [6.45, 7) is 0.641. The number of nitrogens with one attached hydrogen (secondary N) is 2. The number of aromatic amines is 1. The Morgan fingerprint density at radius 2 is 1.76 bits per heavy atom. The van der Waals surface area contributed by atoms with Crippen molar-refractivity contribution < 1.29 is 14.3 Å². The average Bonchev–Trinajstić information content (AvgIpc) is 3.28. The molecule has 1 aromatic heterocycles. The van der Waals surface area contributed by atoms with Crippen LogP contribution in [0.1, 0.15) is 17.0 Å². The molecular formula is C27H27N3O3. The van der Waals surface area contributed by atoms with Gasteiger partial charge in [-0.25, -0.2) is 0 Å². The zero-order valence-electron chi connectivity index (χ0n) is 18.7. The van der Waals surface area contributed by atoms with Crippen LogP contribution in [0.2, 0.25) is 0 Å². The van der Waals surface area contributed by atoms with Crippen LogP contribution >= 0.6 is 0 Å². The van der Waals surface area contributed by atoms with Gasteiger partial charge in [-0.3, -0.25) is 4.79 Å². The molecule has 6 heteroatoms. The van der Waals surface area contributed by atoms with Gasteiger partial charge in [0.15, 0.2) is 11.5 Å². The van der Waals surface area contributed by atoms with Crippen LogP contribution in [0, 0.1) is 0 Å². The van der Waals surface area contributed by atoms with Crippen molar-refractivity contribution in [1.82, 2.24) is 10.3 Å². The molecule has 33 heavy (non-hydrogen) atoms. The van der Waals surface area contributed by atoms with E-state index in [9.17, 15) is 4.79 Å². The van der Waals surface area contributed by atoms with Gasteiger partial charge in [-0.05, 0) is 41.5 Å². The number of nitrogens with zero attached hydrogens (tertiary/aromatic N) is 1. The van der Waals surface area contributed by atoms with E-state index >= 15 is 0 Å². The second-order valence-corrected chi connectivity index (χ2v) is 8.44. The highest BCUT2D eigenvalue weighted by Gasteiger charge is 2.28. The Labute approximate surface area is 193 Å². The van der Waals surface area contributed by atoms with E-state index in [2.05, 4.69) is 51.6 Å². The third-order valence-electron chi connectivity index (χ3n) is 6.09. The summed E-state index contributed by atoms with van der Waals surface area (Å²) in [4.78, 5) is 18.4. The highest BCUT2D eigenvalue weighted by molar-refractivity contribution is 5.85. The summed E-state index contributed by atoms with van der Waals surface area (Å²) < 4.78 is 11.6. The van der Waals surface area contributed by atoms with E-state index in [1.54, 1.807) is 0 Å². The van der Waals surface area contributed by atoms with Gasteiger partial charge in [-0.2, -0.15) is 0 Å². The molecule has 3 aromatic carbocycles. The molecule has 0 fully saturated rings. The number of rotatable bonds is 6. The van der Waals surface area contributed by atoms with Crippen LogP contribution < -0.4 is 19.7 Å². The van der Waals surface area contributed by atoms with E-state index in [0.717, 1.165) is 27.7 Å². The predicted molar refractivity (Wildman–Crippen MR) is 130 cm³/mol. The zero-order chi connectivity index (χ0) is 22.8. The third-order valence-corrected chi connectivity index (χ3v) is 6.09. The van der Waals surface area contributed by atoms with E-state index in [-0.39, 0.29) is 18.4 Å². The van der Waals surface area contributed by atoms with E-state index in [1.807, 2.05) is 56.7 Å². The molecule has 0 saturated heterocycles. The van der Waals surface area contributed by atoms with Gasteiger partial charge in [0.1, 0.15) is 6.61 Å². The molecule has 1 aliphatic heterocycles. The van der Waals surface area contributed by atoms with Crippen LogP contribution in [-0.2, 0) is 4.79 Å². The van der Waals surface area contributed by atoms with Crippen LogP contribution in [0.15, 0.2) is 79.0 Å². The molecule has 6 nitrogen and oxygen atoms in total. The summed E-state index contributed by atoms with van der Waals surface area (Å²) in [5, 5.41) is 4.26. The monoisotopic (exact) mass is 441 g/mol. The summed E-state index contributed by atoms with van der Waals surface area (Å²) in [6, 6.07) is 24.1. The van der Waals surface area contributed by atoms with Gasteiger partial charge in [-0.1, -0.05) is 42.5 Å². The fraction of sp³-hybridized carbons (Fsp3) is 0.222. The minimum atomic E-state index is -0.681. The lowest BCUT2D eigenvalue weighted by Gasteiger charge is -2.26. The van der Waals surface area contributed by atoms with Crippen molar-refractivity contribution in [2.45, 2.75) is 12.0 Å². The van der Waals surface area contributed by atoms with Crippen LogP contribution in [0.4, 0.5) is 5.69 Å². The summed E-state index contributed by atoms with van der Waals surface area (Å²) in [5.74, 6) is 1.06. The molecule has 4 aromatic rings. The van der Waals surface area contributed by atoms with Crippen molar-refractivity contribution in [3.63, 3.8) is 0 Å². The van der Waals surface area contributed by atoms with Gasteiger partial charge in [0.05, 0.1) is 0 Å². The third kappa shape index (κ3) is 4.24. The quantitative estimate of drug-likeness (QED) is 0.468. The fourth-order valence-corrected chi connectivity index (χ4v) is 4.26. The molecule has 2 heterocycles. The number of carbonyl (C=O) groups is 1. The number of fused-ring (bicyclic) bond motifs is 2. The van der Waals surface area contributed by atoms with Crippen LogP contribution in [0.3, 0.4) is 0 Å². The minimum absolute atomic E-state index is 0.0156. The first-order chi connectivity index (χ1) is 16.1. The average molecular weight is 442 g/mol. The number of carbonyl (C=O) groups excluding carboxylic acids is 1. The number of benzene rings is 3. The number of anilines is 1. The van der Waals surface area contributed by atoms with Gasteiger partial charge in [0.25, 0.3) is 5.91 Å². The Morgan fingerprint density at radius 3 is 2.55 bits per heavy atom. The summed E-state index contributed by atoms with van der Waals surface area (Å²) in [6.07, 6.45) is 1.36. The summed E-state index contributed by atoms with van der Waals surface area (Å²) in [5.41, 5.74) is 4.49. The maximum absolute atomic E-state index is 13.0. The van der Waals surface area contributed by atoms with Crippen LogP contribution in [-0.4, -0.2) is 44.2 Å². The van der Waals surface area contributed by atoms with Crippen molar-refractivity contribution in [3.05, 3.63) is 90.1 Å². The lowest BCUT2D eigenvalue weighted by molar-refractivity contribution is -0.130. The van der Waals surface area contributed by atoms with Gasteiger partial charge in [0, 0.05) is 49.3 Å². The normalized spacial score (nSPS) is 15.8. The fourth-order valence-electron chi connectivity index (χ4n) is 4.26. The molecule has 0 aliphatic carbocycles. The zero-order valence-corrected chi connectivity index (χ0v) is 18.7. The minimum Gasteiger partial charge on any atom is -0.485 e. The highest BCUT2D eigenvalue weighted by Crippen LogP contribution is 2.33. The number of aromatic nitrogens is 1. The first-order valence-corrected chi connectivity index (χ1v) is 11.1. The van der Waals surface area contributed by atoms with Gasteiger partial charge < -0.3 is 24.7 Å². The van der Waals surface area contributed by atoms with Gasteiger partial charge >= 0.3 is 0 Å². The first kappa shape index (κ1) is 20.9. The van der Waals surface area contributed by atoms with Crippen LogP contribution in [0.25, 0.3) is 10.9 Å². The Bertz CT molecular complexity index is 1260. The molecule has 168 valence electrons. The van der Waals surface area contributed by atoms with E-state index in [4.69, 9.17) is 9.47 Å². The summed E-state index contributed by atoms with van der Waals surface area (Å²) >= 11 is 0. The second-order valence-electron chi connectivity index (χ2n) is 8.44. The Kier molecular flexibility index (Phi) is 5.65. The maximum Gasteiger partial charge on any atom is 0.264 e. The number of amides is 1. The van der Waals surface area contributed by atoms with E-state index in [0.29, 0.717) is 18.0 Å². The SMILES string of the molecule is CN(C)c1ccc([C@H](CNC(=O)[C@H]2COc3ccccc3O2)c2c[nH]c3ccccc23)cc1. The van der Waals surface area contributed by atoms with Crippen molar-refractivity contribution >= 4 is 22.5 Å². The van der Waals surface area contributed by atoms with Gasteiger partial charge in [0.2, 0.25) is 6.10 Å². The van der Waals surface area contributed by atoms with Crippen molar-refractivity contribution in [2.75, 3.05) is 32.1 Å². The lowest BCUT2D eigenvalue weighted by Crippen LogP contribution is -2.45. The number of para-hydroxylation sites is 3. The second kappa shape index (κ2) is 8.90. The Morgan fingerprint density at radius 1 is 1.03 bits per heavy atom. The largest absolute Gasteiger partial charge is 0.485 e. The molecule has 5 rings (SSSR count). The molecule has 0 spiro atoms. The molecule has 0 radical (unpaired) electrons. The number of hydrogen-bond acceptors (Lipinski definition) is 4. The smallest absolute Gasteiger partial charge is 0.264 e. The number of hydrogen-bond donors (Lipinski definition) is 2. The van der Waals surface area contributed by atoms with Crippen molar-refractivity contribution in [1.29, 1.82) is 0 Å². The number of ether oxygens (including phenoxy) is 2. The molecule has 2 N–H and O–H groups in total. The summed E-state index contributed by atoms with van der Waals surface area (Å²) in [7, 11) is 4.05. The van der Waals surface area contributed by atoms with E-state index < -0.39 is 6.10 Å². The molecule has 1 aliphatic rings. The maximum atomic E-state index is 13.0. The van der Waals surface area contributed by atoms with Gasteiger partial charge in [-0.15, -0.1) is 0 Å². The standard InChI is InChI=1S/C27H27N3O3/c1-30(2)19-13-11-18(12-14-19)21(22-16-28-23-8-4-3-7-20(22)23)15-29-27(31)26-17-32-24-9-5-6-10-25(24)33-26/h3-14,16,21,26,28H,15,17H2,1-2H3,(H,29,31)/t21-,26+/m0/s1. The lowest BCUT2D eigenvalue weighted by atomic mass is 9.90. The van der Waals surface area contributed by atoms with E-state index in [1.165, 1.54) is 0 Å². The van der Waals surface area contributed by atoms with Crippen molar-refractivity contribution in [3.8, 4) is 11.5 Å². The Hall–Kier alpha value is -3.93. The topological polar surface area (TPSA) is 66.6 Å². The number of H-pyrrole nitrogens is 1. The highest BCUT2D eigenvalue weighted by atomic mass is 16.6. The molecule has 1 amide bonds. The Balaban J connectivity index is 1.38. The molecule has 0 saturated carbocycles. The molecular weight excluding hydrogens is 414 g/mol. The molecule has 0 unspecified atom stereocenters. The van der Waals surface area contributed by atoms with Crippen LogP contribution in [0.5, 0.6) is 11.5 Å². The van der Waals surface area contributed by atoms with Crippen molar-refractivity contribution in [2.24, 2.45) is 0 Å². The molecule has 2 atom stereocenters. The molecule has 0 bridgehead atoms.